The van der Waals surface area contributed by atoms with Crippen LogP contribution < -0.4 is 4.90 Å². The lowest BCUT2D eigenvalue weighted by atomic mass is 10.1. The van der Waals surface area contributed by atoms with Crippen molar-refractivity contribution in [2.75, 3.05) is 31.1 Å². The second-order valence-corrected chi connectivity index (χ2v) is 9.69. The molecule has 5 rings (SSSR count). The highest BCUT2D eigenvalue weighted by Gasteiger charge is 2.23. The summed E-state index contributed by atoms with van der Waals surface area (Å²) >= 11 is 0. The van der Waals surface area contributed by atoms with E-state index in [2.05, 4.69) is 14.8 Å². The number of rotatable bonds is 5. The molecule has 2 aromatic carbocycles. The SMILES string of the molecule is O=S(=O)(c1ccc(F)cc1)n1cc(CN2CCN(c3ccccn3)CC2)c2ccccc21. The van der Waals surface area contributed by atoms with Crippen LogP contribution in [0.15, 0.2) is 84.0 Å². The number of anilines is 1. The van der Waals surface area contributed by atoms with Gasteiger partial charge in [-0.25, -0.2) is 21.8 Å². The lowest BCUT2D eigenvalue weighted by Gasteiger charge is -2.35. The van der Waals surface area contributed by atoms with E-state index in [1.165, 1.54) is 28.2 Å². The third-order valence-corrected chi connectivity index (χ3v) is 7.56. The molecule has 1 aliphatic rings. The first-order valence-electron chi connectivity index (χ1n) is 10.5. The van der Waals surface area contributed by atoms with Crippen LogP contribution in [0.4, 0.5) is 10.2 Å². The van der Waals surface area contributed by atoms with Gasteiger partial charge in [-0.15, -0.1) is 0 Å². The second-order valence-electron chi connectivity index (χ2n) is 7.88. The normalized spacial score (nSPS) is 15.3. The summed E-state index contributed by atoms with van der Waals surface area (Å²) in [7, 11) is -3.83. The molecule has 0 bridgehead atoms. The molecule has 0 saturated carbocycles. The van der Waals surface area contributed by atoms with Crippen LogP contribution in [0, 0.1) is 5.82 Å². The van der Waals surface area contributed by atoms with Gasteiger partial charge >= 0.3 is 0 Å². The molecule has 164 valence electrons. The smallest absolute Gasteiger partial charge is 0.268 e. The Morgan fingerprint density at radius 1 is 0.875 bits per heavy atom. The molecule has 1 saturated heterocycles. The summed E-state index contributed by atoms with van der Waals surface area (Å²) in [4.78, 5) is 9.09. The Balaban J connectivity index is 1.41. The van der Waals surface area contributed by atoms with Gasteiger partial charge in [0.05, 0.1) is 10.4 Å². The Morgan fingerprint density at radius 2 is 1.59 bits per heavy atom. The van der Waals surface area contributed by atoms with Crippen molar-refractivity contribution < 1.29 is 12.8 Å². The van der Waals surface area contributed by atoms with Crippen molar-refractivity contribution >= 4 is 26.7 Å². The lowest BCUT2D eigenvalue weighted by Crippen LogP contribution is -2.46. The third-order valence-electron chi connectivity index (χ3n) is 5.87. The fraction of sp³-hybridized carbons (Fsp3) is 0.208. The van der Waals surface area contributed by atoms with Gasteiger partial charge in [0.15, 0.2) is 0 Å². The molecule has 3 heterocycles. The maximum atomic E-state index is 13.3. The molecule has 1 aliphatic heterocycles. The largest absolute Gasteiger partial charge is 0.354 e. The maximum Gasteiger partial charge on any atom is 0.268 e. The second kappa shape index (κ2) is 8.37. The number of fused-ring (bicyclic) bond motifs is 1. The number of para-hydroxylation sites is 1. The van der Waals surface area contributed by atoms with Crippen molar-refractivity contribution in [3.63, 3.8) is 0 Å². The molecule has 0 aliphatic carbocycles. The van der Waals surface area contributed by atoms with Crippen molar-refractivity contribution in [2.45, 2.75) is 11.4 Å². The number of benzene rings is 2. The van der Waals surface area contributed by atoms with Crippen LogP contribution in [-0.4, -0.2) is 48.5 Å². The predicted octanol–water partition coefficient (Wildman–Crippen LogP) is 3.73. The Hall–Kier alpha value is -3.23. The van der Waals surface area contributed by atoms with Crippen LogP contribution in [-0.2, 0) is 16.6 Å². The van der Waals surface area contributed by atoms with E-state index in [1.807, 2.05) is 36.4 Å². The summed E-state index contributed by atoms with van der Waals surface area (Å²) in [5.74, 6) is 0.515. The first-order valence-corrected chi connectivity index (χ1v) is 11.9. The molecular weight excluding hydrogens is 427 g/mol. The predicted molar refractivity (Wildman–Crippen MR) is 123 cm³/mol. The van der Waals surface area contributed by atoms with E-state index in [9.17, 15) is 12.8 Å². The molecule has 0 spiro atoms. The Kier molecular flexibility index (Phi) is 5.40. The molecular formula is C24H23FN4O2S. The monoisotopic (exact) mass is 450 g/mol. The van der Waals surface area contributed by atoms with Crippen LogP contribution in [0.3, 0.4) is 0 Å². The molecule has 32 heavy (non-hydrogen) atoms. The van der Waals surface area contributed by atoms with Crippen LogP contribution in [0.5, 0.6) is 0 Å². The molecule has 2 aromatic heterocycles. The number of hydrogen-bond donors (Lipinski definition) is 0. The van der Waals surface area contributed by atoms with E-state index in [0.29, 0.717) is 12.1 Å². The van der Waals surface area contributed by atoms with Gasteiger partial charge in [0, 0.05) is 50.5 Å². The van der Waals surface area contributed by atoms with E-state index in [4.69, 9.17) is 0 Å². The van der Waals surface area contributed by atoms with Crippen LogP contribution in [0.1, 0.15) is 5.56 Å². The van der Waals surface area contributed by atoms with Crippen molar-refractivity contribution in [3.8, 4) is 0 Å². The maximum absolute atomic E-state index is 13.3. The topological polar surface area (TPSA) is 58.4 Å². The first-order chi connectivity index (χ1) is 15.5. The molecule has 1 fully saturated rings. The average Bonchev–Trinajstić information content (AvgIpc) is 3.20. The van der Waals surface area contributed by atoms with Crippen LogP contribution in [0.2, 0.25) is 0 Å². The Bertz CT molecular complexity index is 1330. The zero-order chi connectivity index (χ0) is 22.1. The Morgan fingerprint density at radius 3 is 2.31 bits per heavy atom. The molecule has 0 radical (unpaired) electrons. The summed E-state index contributed by atoms with van der Waals surface area (Å²) in [6, 6.07) is 18.4. The fourth-order valence-corrected chi connectivity index (χ4v) is 5.57. The van der Waals surface area contributed by atoms with Crippen LogP contribution in [0.25, 0.3) is 10.9 Å². The van der Waals surface area contributed by atoms with Crippen molar-refractivity contribution in [1.82, 2.24) is 13.9 Å². The summed E-state index contributed by atoms with van der Waals surface area (Å²) < 4.78 is 41.2. The molecule has 4 aromatic rings. The summed E-state index contributed by atoms with van der Waals surface area (Å²) in [6.45, 7) is 4.11. The highest BCUT2D eigenvalue weighted by molar-refractivity contribution is 7.90. The summed E-state index contributed by atoms with van der Waals surface area (Å²) in [5, 5.41) is 0.908. The quantitative estimate of drug-likeness (QED) is 0.464. The molecule has 0 unspecified atom stereocenters. The molecule has 0 amide bonds. The minimum Gasteiger partial charge on any atom is -0.354 e. The number of pyridine rings is 1. The van der Waals surface area contributed by atoms with Gasteiger partial charge in [-0.2, -0.15) is 0 Å². The van der Waals surface area contributed by atoms with Crippen LogP contribution >= 0.6 is 0 Å². The zero-order valence-corrected chi connectivity index (χ0v) is 18.2. The van der Waals surface area contributed by atoms with Gasteiger partial charge in [-0.05, 0) is 48.0 Å². The summed E-state index contributed by atoms with van der Waals surface area (Å²) in [6.07, 6.45) is 3.51. The van der Waals surface area contributed by atoms with Crippen molar-refractivity contribution in [2.24, 2.45) is 0 Å². The van der Waals surface area contributed by atoms with Crippen molar-refractivity contribution in [1.29, 1.82) is 0 Å². The zero-order valence-electron chi connectivity index (χ0n) is 17.4. The van der Waals surface area contributed by atoms with Gasteiger partial charge in [-0.3, -0.25) is 4.90 Å². The average molecular weight is 451 g/mol. The van der Waals surface area contributed by atoms with Gasteiger partial charge in [0.2, 0.25) is 0 Å². The molecule has 0 atom stereocenters. The van der Waals surface area contributed by atoms with E-state index in [-0.39, 0.29) is 4.90 Å². The van der Waals surface area contributed by atoms with Gasteiger partial charge in [-0.1, -0.05) is 24.3 Å². The third kappa shape index (κ3) is 3.87. The van der Waals surface area contributed by atoms with Crippen molar-refractivity contribution in [3.05, 3.63) is 90.5 Å². The highest BCUT2D eigenvalue weighted by Crippen LogP contribution is 2.27. The number of piperazine rings is 1. The molecule has 8 heteroatoms. The number of halogens is 1. The lowest BCUT2D eigenvalue weighted by molar-refractivity contribution is 0.250. The summed E-state index contributed by atoms with van der Waals surface area (Å²) in [5.41, 5.74) is 1.58. The number of aromatic nitrogens is 2. The van der Waals surface area contributed by atoms with E-state index < -0.39 is 15.8 Å². The first kappa shape index (κ1) is 20.7. The highest BCUT2D eigenvalue weighted by atomic mass is 32.2. The van der Waals surface area contributed by atoms with E-state index in [1.54, 1.807) is 18.5 Å². The van der Waals surface area contributed by atoms with Gasteiger partial charge < -0.3 is 4.90 Å². The fourth-order valence-electron chi connectivity index (χ4n) is 4.18. The number of hydrogen-bond acceptors (Lipinski definition) is 5. The molecule has 0 N–H and O–H groups in total. The standard InChI is InChI=1S/C24H23FN4O2S/c25-20-8-10-21(11-9-20)32(30,31)29-18-19(22-5-1-2-6-23(22)29)17-27-13-15-28(16-14-27)24-7-3-4-12-26-24/h1-12,18H,13-17H2. The van der Waals surface area contributed by atoms with Gasteiger partial charge in [0.25, 0.3) is 10.0 Å². The van der Waals surface area contributed by atoms with E-state index >= 15 is 0 Å². The molecule has 6 nitrogen and oxygen atoms in total. The number of nitrogens with zero attached hydrogens (tertiary/aromatic N) is 4. The minimum atomic E-state index is -3.83. The van der Waals surface area contributed by atoms with E-state index in [0.717, 1.165) is 42.9 Å². The Labute approximate surface area is 186 Å². The minimum absolute atomic E-state index is 0.0650. The van der Waals surface area contributed by atoms with Gasteiger partial charge in [0.1, 0.15) is 11.6 Å².